The van der Waals surface area contributed by atoms with Gasteiger partial charge in [0.05, 0.1) is 33.8 Å². The van der Waals surface area contributed by atoms with Gasteiger partial charge in [-0.3, -0.25) is 0 Å². The van der Waals surface area contributed by atoms with Crippen LogP contribution < -0.4 is 0 Å². The van der Waals surface area contributed by atoms with Crippen LogP contribution in [-0.4, -0.2) is 19.9 Å². The Bertz CT molecular complexity index is 3030. The molecule has 0 amide bonds. The highest BCUT2D eigenvalue weighted by Crippen LogP contribution is 2.34. The van der Waals surface area contributed by atoms with E-state index >= 15 is 0 Å². The molecular formula is C53H36N4. The lowest BCUT2D eigenvalue weighted by Gasteiger charge is -2.12. The molecule has 0 aliphatic heterocycles. The highest BCUT2D eigenvalue weighted by atomic mass is 14.9. The fraction of sp³-hybridized carbons (Fsp3) is 0.0189. The number of pyridine rings is 2. The van der Waals surface area contributed by atoms with Gasteiger partial charge in [-0.25, -0.2) is 19.9 Å². The van der Waals surface area contributed by atoms with Crippen LogP contribution in [0.3, 0.4) is 0 Å². The third kappa shape index (κ3) is 6.75. The summed E-state index contributed by atoms with van der Waals surface area (Å²) in [5, 5.41) is 2.19. The first-order valence-corrected chi connectivity index (χ1v) is 19.2. The Kier molecular flexibility index (Phi) is 8.69. The van der Waals surface area contributed by atoms with Crippen molar-refractivity contribution in [3.05, 3.63) is 206 Å². The number of fused-ring (bicyclic) bond motifs is 3. The molecule has 0 saturated heterocycles. The maximum Gasteiger partial charge on any atom is 0.160 e. The summed E-state index contributed by atoms with van der Waals surface area (Å²) in [6.45, 7) is 2.15. The highest BCUT2D eigenvalue weighted by molar-refractivity contribution is 6.05. The number of nitrogens with zero attached hydrogens (tertiary/aromatic N) is 4. The second-order valence-electron chi connectivity index (χ2n) is 14.3. The lowest BCUT2D eigenvalue weighted by atomic mass is 9.98. The van der Waals surface area contributed by atoms with Crippen molar-refractivity contribution in [1.29, 1.82) is 0 Å². The predicted molar refractivity (Wildman–Crippen MR) is 235 cm³/mol. The molecule has 0 unspecified atom stereocenters. The molecule has 57 heavy (non-hydrogen) atoms. The van der Waals surface area contributed by atoms with E-state index in [1.54, 1.807) is 0 Å². The van der Waals surface area contributed by atoms with Crippen LogP contribution in [0.2, 0.25) is 0 Å². The molecule has 0 aliphatic carbocycles. The van der Waals surface area contributed by atoms with Gasteiger partial charge in [-0.2, -0.15) is 0 Å². The average Bonchev–Trinajstić information content (AvgIpc) is 3.29. The summed E-state index contributed by atoms with van der Waals surface area (Å²) in [6.07, 6.45) is 0. The topological polar surface area (TPSA) is 51.6 Å². The molecule has 3 aromatic heterocycles. The molecule has 0 bridgehead atoms. The van der Waals surface area contributed by atoms with Crippen molar-refractivity contribution in [2.24, 2.45) is 0 Å². The zero-order valence-electron chi connectivity index (χ0n) is 31.3. The van der Waals surface area contributed by atoms with E-state index in [0.717, 1.165) is 89.1 Å². The normalized spacial score (nSPS) is 11.2. The molecule has 10 rings (SSSR count). The Hall–Kier alpha value is -7.56. The van der Waals surface area contributed by atoms with Gasteiger partial charge in [0.1, 0.15) is 0 Å². The van der Waals surface area contributed by atoms with Crippen LogP contribution >= 0.6 is 0 Å². The molecular weight excluding hydrogens is 693 g/mol. The molecule has 3 heterocycles. The van der Waals surface area contributed by atoms with Gasteiger partial charge >= 0.3 is 0 Å². The summed E-state index contributed by atoms with van der Waals surface area (Å²) in [7, 11) is 0. The molecule has 7 aromatic carbocycles. The van der Waals surface area contributed by atoms with E-state index in [-0.39, 0.29) is 0 Å². The van der Waals surface area contributed by atoms with Crippen LogP contribution in [0.25, 0.3) is 100 Å². The minimum atomic E-state index is 0.694. The smallest absolute Gasteiger partial charge is 0.160 e. The van der Waals surface area contributed by atoms with Crippen LogP contribution in [0.15, 0.2) is 200 Å². The Balaban J connectivity index is 0.986. The lowest BCUT2D eigenvalue weighted by Crippen LogP contribution is -1.96. The number of rotatable bonds is 7. The molecule has 0 radical (unpaired) electrons. The second kappa shape index (κ2) is 14.6. The van der Waals surface area contributed by atoms with Gasteiger partial charge in [0.25, 0.3) is 0 Å². The quantitative estimate of drug-likeness (QED) is 0.153. The third-order valence-electron chi connectivity index (χ3n) is 10.6. The third-order valence-corrected chi connectivity index (χ3v) is 10.6. The molecule has 0 aliphatic rings. The summed E-state index contributed by atoms with van der Waals surface area (Å²) in [5.41, 5.74) is 16.4. The van der Waals surface area contributed by atoms with Gasteiger partial charge in [-0.1, -0.05) is 176 Å². The summed E-state index contributed by atoms with van der Waals surface area (Å²) < 4.78 is 0. The molecule has 4 nitrogen and oxygen atoms in total. The zero-order chi connectivity index (χ0) is 38.1. The highest BCUT2D eigenvalue weighted by Gasteiger charge is 2.14. The number of benzene rings is 7. The predicted octanol–water partition coefficient (Wildman–Crippen LogP) is 13.6. The number of aromatic nitrogens is 4. The summed E-state index contributed by atoms with van der Waals surface area (Å²) >= 11 is 0. The fourth-order valence-corrected chi connectivity index (χ4v) is 7.57. The van der Waals surface area contributed by atoms with E-state index in [2.05, 4.69) is 177 Å². The molecule has 4 heteroatoms. The van der Waals surface area contributed by atoms with Crippen molar-refractivity contribution < 1.29 is 0 Å². The molecule has 0 saturated carbocycles. The molecule has 0 N–H and O–H groups in total. The first-order valence-electron chi connectivity index (χ1n) is 19.2. The van der Waals surface area contributed by atoms with Crippen molar-refractivity contribution in [3.8, 4) is 78.7 Å². The van der Waals surface area contributed by atoms with Crippen LogP contribution in [0.4, 0.5) is 0 Å². The van der Waals surface area contributed by atoms with Crippen molar-refractivity contribution in [1.82, 2.24) is 19.9 Å². The van der Waals surface area contributed by atoms with E-state index in [1.807, 2.05) is 30.3 Å². The van der Waals surface area contributed by atoms with Crippen LogP contribution in [0, 0.1) is 6.92 Å². The van der Waals surface area contributed by atoms with E-state index < -0.39 is 0 Å². The van der Waals surface area contributed by atoms with Crippen molar-refractivity contribution in [2.75, 3.05) is 0 Å². The largest absolute Gasteiger partial charge is 0.245 e. The molecule has 0 atom stereocenters. The molecule has 0 spiro atoms. The summed E-state index contributed by atoms with van der Waals surface area (Å²) in [4.78, 5) is 20.6. The molecule has 0 fully saturated rings. The Morgan fingerprint density at radius 3 is 1.39 bits per heavy atom. The van der Waals surface area contributed by atoms with Crippen molar-refractivity contribution in [2.45, 2.75) is 6.92 Å². The standard InChI is InChI=1S/C53H36N4/c1-35-32-48(39-14-7-3-8-15-39)55-52-46(35)30-28-42-29-31-47(54-51(42)52)45-19-11-18-44(33-45)38-20-24-41(25-21-38)50-34-49(40-16-9-4-10-17-40)56-53(57-50)43-26-22-37(23-27-43)36-12-5-2-6-13-36/h2-34H,1H3. The van der Waals surface area contributed by atoms with Crippen LogP contribution in [-0.2, 0) is 0 Å². The van der Waals surface area contributed by atoms with Gasteiger partial charge in [0.15, 0.2) is 5.82 Å². The van der Waals surface area contributed by atoms with Gasteiger partial charge < -0.3 is 0 Å². The minimum Gasteiger partial charge on any atom is -0.245 e. The number of aryl methyl sites for hydroxylation is 1. The number of hydrogen-bond acceptors (Lipinski definition) is 4. The van der Waals surface area contributed by atoms with Gasteiger partial charge in [-0.05, 0) is 59.0 Å². The Morgan fingerprint density at radius 2 is 0.737 bits per heavy atom. The van der Waals surface area contributed by atoms with E-state index in [9.17, 15) is 0 Å². The number of hydrogen-bond donors (Lipinski definition) is 0. The van der Waals surface area contributed by atoms with Gasteiger partial charge in [0.2, 0.25) is 0 Å². The van der Waals surface area contributed by atoms with Crippen LogP contribution in [0.1, 0.15) is 5.56 Å². The van der Waals surface area contributed by atoms with Crippen molar-refractivity contribution >= 4 is 21.8 Å². The van der Waals surface area contributed by atoms with Gasteiger partial charge in [-0.15, -0.1) is 0 Å². The minimum absolute atomic E-state index is 0.694. The van der Waals surface area contributed by atoms with Gasteiger partial charge in [0, 0.05) is 38.6 Å². The Labute approximate surface area is 331 Å². The van der Waals surface area contributed by atoms with E-state index in [0.29, 0.717) is 5.82 Å². The zero-order valence-corrected chi connectivity index (χ0v) is 31.3. The lowest BCUT2D eigenvalue weighted by molar-refractivity contribution is 1.18. The molecule has 268 valence electrons. The second-order valence-corrected chi connectivity index (χ2v) is 14.3. The maximum atomic E-state index is 5.25. The SMILES string of the molecule is Cc1cc(-c2ccccc2)nc2c1ccc1ccc(-c3cccc(-c4ccc(-c5cc(-c6ccccc6)nc(-c6ccc(-c7ccccc7)cc6)n5)cc4)c3)nc12. The monoisotopic (exact) mass is 728 g/mol. The summed E-state index contributed by atoms with van der Waals surface area (Å²) in [6, 6.07) is 69.7. The first-order chi connectivity index (χ1) is 28.1. The molecule has 10 aromatic rings. The fourth-order valence-electron chi connectivity index (χ4n) is 7.57. The van der Waals surface area contributed by atoms with Crippen LogP contribution in [0.5, 0.6) is 0 Å². The first kappa shape index (κ1) is 34.0. The van der Waals surface area contributed by atoms with E-state index in [4.69, 9.17) is 19.9 Å². The van der Waals surface area contributed by atoms with Crippen molar-refractivity contribution in [3.63, 3.8) is 0 Å². The summed E-state index contributed by atoms with van der Waals surface area (Å²) in [5.74, 6) is 0.694. The van der Waals surface area contributed by atoms with E-state index in [1.165, 1.54) is 11.1 Å². The maximum absolute atomic E-state index is 5.25. The average molecular weight is 729 g/mol. The Morgan fingerprint density at radius 1 is 0.281 bits per heavy atom.